The number of hydrogen-bond donors (Lipinski definition) is 3. The zero-order valence-corrected chi connectivity index (χ0v) is 40.3. The number of nitrogens with zero attached hydrogens (tertiary/aromatic N) is 3. The van der Waals surface area contributed by atoms with Gasteiger partial charge in [-0.1, -0.05) is 99.8 Å². The average Bonchev–Trinajstić information content (AvgIpc) is 4.14. The Labute approximate surface area is 416 Å². The minimum atomic E-state index is -1.41. The third-order valence-electron chi connectivity index (χ3n) is 11.4. The van der Waals surface area contributed by atoms with Gasteiger partial charge in [-0.15, -0.1) is 0 Å². The van der Waals surface area contributed by atoms with Gasteiger partial charge in [0.2, 0.25) is 12.3 Å². The Morgan fingerprint density at radius 2 is 1.50 bits per heavy atom. The zero-order chi connectivity index (χ0) is 51.2. The van der Waals surface area contributed by atoms with Gasteiger partial charge < -0.3 is 44.0 Å². The highest BCUT2D eigenvalue weighted by Gasteiger charge is 2.34. The number of carbonyl (C=O) groups excluding carboxylic acids is 7. The van der Waals surface area contributed by atoms with Crippen LogP contribution in [0.3, 0.4) is 0 Å². The van der Waals surface area contributed by atoms with Gasteiger partial charge in [-0.3, -0.25) is 24.0 Å². The molecule has 0 saturated heterocycles. The molecule has 376 valence electrons. The molecule has 0 bridgehead atoms. The molecule has 0 spiro atoms. The van der Waals surface area contributed by atoms with Gasteiger partial charge in [-0.25, -0.2) is 14.6 Å². The Kier molecular flexibility index (Phi) is 19.8. The SMILES string of the molecule is CCCCCC(C(=O)NCNC(=O)c1ccc(-c2ccc(C(=O)NC(CC(=O)OCc3ccccc3)C(=O)OCc3ccccc3)c(OCC)c2)o1)C(CC)N(C=O)OC(=O)c1ccc(-n2ccnc2)cc1. The lowest BCUT2D eigenvalue weighted by atomic mass is 9.90. The van der Waals surface area contributed by atoms with Crippen LogP contribution in [0.15, 0.2) is 138 Å². The van der Waals surface area contributed by atoms with Crippen LogP contribution in [0.25, 0.3) is 17.0 Å². The number of nitrogens with one attached hydrogen (secondary N) is 3. The molecule has 2 aromatic heterocycles. The normalized spacial score (nSPS) is 12.0. The summed E-state index contributed by atoms with van der Waals surface area (Å²) in [5.74, 6) is -4.68. The molecule has 0 aliphatic rings. The van der Waals surface area contributed by atoms with Gasteiger partial charge in [0.15, 0.2) is 5.76 Å². The molecular weight excluding hydrogens is 925 g/mol. The molecule has 18 nitrogen and oxygen atoms in total. The summed E-state index contributed by atoms with van der Waals surface area (Å²) in [6, 6.07) is 29.9. The predicted molar refractivity (Wildman–Crippen MR) is 263 cm³/mol. The van der Waals surface area contributed by atoms with Crippen molar-refractivity contribution in [1.29, 1.82) is 0 Å². The van der Waals surface area contributed by atoms with E-state index in [2.05, 4.69) is 20.9 Å². The number of amides is 4. The Bertz CT molecular complexity index is 2730. The Morgan fingerprint density at radius 3 is 2.14 bits per heavy atom. The molecule has 0 saturated carbocycles. The largest absolute Gasteiger partial charge is 0.493 e. The second-order valence-corrected chi connectivity index (χ2v) is 16.4. The highest BCUT2D eigenvalue weighted by atomic mass is 16.7. The summed E-state index contributed by atoms with van der Waals surface area (Å²) in [7, 11) is 0. The summed E-state index contributed by atoms with van der Waals surface area (Å²) < 4.78 is 24.4. The van der Waals surface area contributed by atoms with Crippen molar-refractivity contribution in [3.8, 4) is 22.8 Å². The number of carbonyl (C=O) groups is 7. The lowest BCUT2D eigenvalue weighted by Crippen LogP contribution is -2.49. The van der Waals surface area contributed by atoms with Gasteiger partial charge in [0.1, 0.15) is 30.8 Å². The van der Waals surface area contributed by atoms with Crippen molar-refractivity contribution < 1.29 is 57.0 Å². The second-order valence-electron chi connectivity index (χ2n) is 16.4. The maximum absolute atomic E-state index is 13.8. The van der Waals surface area contributed by atoms with Gasteiger partial charge in [0, 0.05) is 23.6 Å². The molecule has 6 aromatic rings. The first-order valence-electron chi connectivity index (χ1n) is 23.7. The van der Waals surface area contributed by atoms with Crippen molar-refractivity contribution in [3.05, 3.63) is 162 Å². The van der Waals surface area contributed by atoms with Crippen molar-refractivity contribution in [1.82, 2.24) is 30.6 Å². The standard InChI is InChI=1S/C54H58N6O12/c1-4-7-10-19-42(45(5-2)60(36-61)72-53(66)39-20-23-41(24-21-39)59-29-28-55-35-59)50(63)56-34-57-52(65)47-27-26-46(71-47)40-22-25-43(48(30-40)68-6-3)51(64)58-44(54(67)70-33-38-17-13-9-14-18-38)31-49(62)69-32-37-15-11-8-12-16-37/h8-9,11-18,20-30,35-36,42,44-45H,4-7,10,19,31-34H2,1-3H3,(H,56,63)(H,57,65)(H,58,64). The van der Waals surface area contributed by atoms with Crippen molar-refractivity contribution in [3.63, 3.8) is 0 Å². The molecule has 4 aromatic carbocycles. The second kappa shape index (κ2) is 27.0. The number of furan rings is 1. The number of esters is 2. The van der Waals surface area contributed by atoms with Crippen molar-refractivity contribution in [2.45, 2.75) is 84.6 Å². The minimum absolute atomic E-state index is 0.0304. The summed E-state index contributed by atoms with van der Waals surface area (Å²) in [6.45, 7) is 5.28. The quantitative estimate of drug-likeness (QED) is 0.0149. The van der Waals surface area contributed by atoms with Crippen molar-refractivity contribution >= 4 is 42.0 Å². The van der Waals surface area contributed by atoms with E-state index in [1.807, 2.05) is 19.1 Å². The van der Waals surface area contributed by atoms with Crippen LogP contribution >= 0.6 is 0 Å². The third-order valence-corrected chi connectivity index (χ3v) is 11.4. The van der Waals surface area contributed by atoms with E-state index in [0.29, 0.717) is 30.4 Å². The number of hydroxylamine groups is 2. The van der Waals surface area contributed by atoms with Crippen LogP contribution < -0.4 is 20.7 Å². The summed E-state index contributed by atoms with van der Waals surface area (Å²) in [6.07, 6.45) is 7.92. The van der Waals surface area contributed by atoms with E-state index in [1.165, 1.54) is 18.2 Å². The number of ether oxygens (including phenoxy) is 3. The molecule has 0 fully saturated rings. The third kappa shape index (κ3) is 15.0. The van der Waals surface area contributed by atoms with Crippen LogP contribution in [-0.4, -0.2) is 82.0 Å². The van der Waals surface area contributed by atoms with Crippen molar-refractivity contribution in [2.24, 2.45) is 5.92 Å². The zero-order valence-electron chi connectivity index (χ0n) is 40.3. The molecule has 0 aliphatic heterocycles. The topological polar surface area (TPSA) is 227 Å². The maximum atomic E-state index is 13.8. The van der Waals surface area contributed by atoms with Crippen LogP contribution in [0.4, 0.5) is 0 Å². The number of aromatic nitrogens is 2. The Hall–Kier alpha value is -8.54. The van der Waals surface area contributed by atoms with E-state index in [0.717, 1.165) is 29.2 Å². The smallest absolute Gasteiger partial charge is 0.363 e. The van der Waals surface area contributed by atoms with Crippen LogP contribution in [0.5, 0.6) is 5.75 Å². The molecule has 3 unspecified atom stereocenters. The predicted octanol–water partition coefficient (Wildman–Crippen LogP) is 7.52. The first-order valence-corrected chi connectivity index (χ1v) is 23.7. The van der Waals surface area contributed by atoms with Crippen LogP contribution in [0.1, 0.15) is 102 Å². The maximum Gasteiger partial charge on any atom is 0.363 e. The molecule has 4 amide bonds. The Balaban J connectivity index is 1.08. The monoisotopic (exact) mass is 982 g/mol. The highest BCUT2D eigenvalue weighted by molar-refractivity contribution is 6.00. The summed E-state index contributed by atoms with van der Waals surface area (Å²) in [4.78, 5) is 102. The van der Waals surface area contributed by atoms with Gasteiger partial charge in [-0.2, -0.15) is 5.06 Å². The summed E-state index contributed by atoms with van der Waals surface area (Å²) >= 11 is 0. The van der Waals surface area contributed by atoms with Crippen LogP contribution in [0, 0.1) is 5.92 Å². The fourth-order valence-electron chi connectivity index (χ4n) is 7.66. The number of hydrogen-bond acceptors (Lipinski definition) is 13. The molecule has 3 N–H and O–H groups in total. The number of imidazole rings is 1. The summed E-state index contributed by atoms with van der Waals surface area (Å²) in [5.41, 5.74) is 2.91. The number of rotatable bonds is 27. The van der Waals surface area contributed by atoms with Gasteiger partial charge in [0.25, 0.3) is 11.8 Å². The molecule has 3 atom stereocenters. The van der Waals surface area contributed by atoms with Gasteiger partial charge >= 0.3 is 17.9 Å². The van der Waals surface area contributed by atoms with Gasteiger partial charge in [0.05, 0.1) is 49.1 Å². The molecule has 72 heavy (non-hydrogen) atoms. The molecule has 6 rings (SSSR count). The number of unbranched alkanes of at least 4 members (excludes halogenated alkanes) is 2. The average molecular weight is 983 g/mol. The molecule has 2 heterocycles. The molecular formula is C54H58N6O12. The first-order chi connectivity index (χ1) is 35.0. The molecule has 0 aliphatic carbocycles. The minimum Gasteiger partial charge on any atom is -0.493 e. The lowest BCUT2D eigenvalue weighted by Gasteiger charge is -2.31. The van der Waals surface area contributed by atoms with E-state index < -0.39 is 60.1 Å². The Morgan fingerprint density at radius 1 is 0.792 bits per heavy atom. The van der Waals surface area contributed by atoms with E-state index >= 15 is 0 Å². The van der Waals surface area contributed by atoms with E-state index in [-0.39, 0.29) is 61.3 Å². The molecule has 0 radical (unpaired) electrons. The summed E-state index contributed by atoms with van der Waals surface area (Å²) in [5, 5.41) is 8.86. The number of benzene rings is 4. The van der Waals surface area contributed by atoms with Crippen LogP contribution in [0.2, 0.25) is 0 Å². The van der Waals surface area contributed by atoms with E-state index in [4.69, 9.17) is 23.5 Å². The lowest BCUT2D eigenvalue weighted by molar-refractivity contribution is -0.171. The van der Waals surface area contributed by atoms with Gasteiger partial charge in [-0.05, 0) is 79.4 Å². The van der Waals surface area contributed by atoms with Crippen LogP contribution in [-0.2, 0) is 46.7 Å². The first kappa shape index (κ1) is 52.8. The van der Waals surface area contributed by atoms with E-state index in [1.54, 1.807) is 122 Å². The highest BCUT2D eigenvalue weighted by Crippen LogP contribution is 2.30. The van der Waals surface area contributed by atoms with Crippen molar-refractivity contribution in [2.75, 3.05) is 13.3 Å². The molecule has 18 heteroatoms. The van der Waals surface area contributed by atoms with E-state index in [9.17, 15) is 33.6 Å². The fourth-order valence-corrected chi connectivity index (χ4v) is 7.66. The fraction of sp³-hybridized carbons (Fsp3) is 0.296.